The second-order valence-corrected chi connectivity index (χ2v) is 3.84. The highest BCUT2D eigenvalue weighted by molar-refractivity contribution is 6.14. The number of benzene rings is 2. The number of para-hydroxylation sites is 1. The lowest BCUT2D eigenvalue weighted by Crippen LogP contribution is -1.74. The molecule has 0 radical (unpaired) electrons. The molecule has 0 saturated carbocycles. The molecule has 3 rings (SSSR count). The lowest BCUT2D eigenvalue weighted by atomic mass is 10.1. The molecule has 2 aromatic carbocycles. The van der Waals surface area contributed by atoms with Crippen molar-refractivity contribution in [2.45, 2.75) is 0 Å². The first-order valence-corrected chi connectivity index (χ1v) is 4.97. The molecule has 1 aromatic heterocycles. The van der Waals surface area contributed by atoms with E-state index in [1.54, 1.807) is 12.1 Å². The summed E-state index contributed by atoms with van der Waals surface area (Å²) in [5.74, 6) is -0.906. The lowest BCUT2D eigenvalue weighted by molar-refractivity contribution is 0.402. The average molecular weight is 231 g/mol. The van der Waals surface area contributed by atoms with Gasteiger partial charge in [0.1, 0.15) is 11.5 Å². The number of H-pyrrole nitrogens is 1. The summed E-state index contributed by atoms with van der Waals surface area (Å²) < 4.78 is 0. The van der Waals surface area contributed by atoms with Crippen LogP contribution in [0.1, 0.15) is 0 Å². The fourth-order valence-corrected chi connectivity index (χ4v) is 2.04. The number of fused-ring (bicyclic) bond motifs is 3. The first kappa shape index (κ1) is 9.65. The van der Waals surface area contributed by atoms with Gasteiger partial charge in [-0.15, -0.1) is 0 Å². The summed E-state index contributed by atoms with van der Waals surface area (Å²) in [7, 11) is 0. The topological polar surface area (TPSA) is 96.7 Å². The van der Waals surface area contributed by atoms with E-state index in [1.165, 1.54) is 6.07 Å². The minimum absolute atomic E-state index is 0.0111. The Morgan fingerprint density at radius 1 is 0.824 bits per heavy atom. The Morgan fingerprint density at radius 2 is 1.59 bits per heavy atom. The SMILES string of the molecule is Oc1cc(O)c2[nH]c3c(O)cccc3c2c1O. The minimum Gasteiger partial charge on any atom is -0.506 e. The van der Waals surface area contributed by atoms with E-state index in [0.29, 0.717) is 10.9 Å². The monoisotopic (exact) mass is 231 g/mol. The van der Waals surface area contributed by atoms with Crippen molar-refractivity contribution in [1.82, 2.24) is 4.98 Å². The van der Waals surface area contributed by atoms with Gasteiger partial charge in [0.25, 0.3) is 0 Å². The normalized spacial score (nSPS) is 11.3. The largest absolute Gasteiger partial charge is 0.506 e. The third-order valence-corrected chi connectivity index (χ3v) is 2.82. The second-order valence-electron chi connectivity index (χ2n) is 3.84. The summed E-state index contributed by atoms with van der Waals surface area (Å²) >= 11 is 0. The van der Waals surface area contributed by atoms with Crippen LogP contribution in [0.15, 0.2) is 24.3 Å². The zero-order valence-electron chi connectivity index (χ0n) is 8.60. The predicted octanol–water partition coefficient (Wildman–Crippen LogP) is 2.14. The van der Waals surface area contributed by atoms with E-state index in [0.717, 1.165) is 6.07 Å². The highest BCUT2D eigenvalue weighted by atomic mass is 16.3. The molecule has 0 spiro atoms. The van der Waals surface area contributed by atoms with Crippen molar-refractivity contribution in [3.8, 4) is 23.0 Å². The van der Waals surface area contributed by atoms with Crippen LogP contribution in [0, 0.1) is 0 Å². The molecule has 5 nitrogen and oxygen atoms in total. The van der Waals surface area contributed by atoms with Gasteiger partial charge in [0.15, 0.2) is 11.5 Å². The van der Waals surface area contributed by atoms with Crippen molar-refractivity contribution >= 4 is 21.8 Å². The van der Waals surface area contributed by atoms with Crippen LogP contribution in [-0.2, 0) is 0 Å². The molecule has 0 atom stereocenters. The molecule has 5 N–H and O–H groups in total. The number of nitrogens with one attached hydrogen (secondary N) is 1. The second kappa shape index (κ2) is 2.98. The Hall–Kier alpha value is -2.56. The number of phenolic OH excluding ortho intramolecular Hbond substituents is 4. The number of hydrogen-bond donors (Lipinski definition) is 5. The van der Waals surface area contributed by atoms with Crippen LogP contribution < -0.4 is 0 Å². The first-order chi connectivity index (χ1) is 8.09. The van der Waals surface area contributed by atoms with E-state index >= 15 is 0 Å². The van der Waals surface area contributed by atoms with Crippen LogP contribution in [-0.4, -0.2) is 25.4 Å². The zero-order chi connectivity index (χ0) is 12.2. The molecule has 0 aliphatic heterocycles. The maximum Gasteiger partial charge on any atom is 0.167 e. The van der Waals surface area contributed by atoms with Gasteiger partial charge in [-0.25, -0.2) is 0 Å². The third-order valence-electron chi connectivity index (χ3n) is 2.82. The number of aromatic amines is 1. The molecule has 5 heteroatoms. The Balaban J connectivity index is 2.66. The molecule has 0 fully saturated rings. The van der Waals surface area contributed by atoms with Gasteiger partial charge in [-0.2, -0.15) is 0 Å². The fraction of sp³-hybridized carbons (Fsp3) is 0. The van der Waals surface area contributed by atoms with Crippen molar-refractivity contribution in [3.63, 3.8) is 0 Å². The van der Waals surface area contributed by atoms with Crippen molar-refractivity contribution < 1.29 is 20.4 Å². The van der Waals surface area contributed by atoms with E-state index in [4.69, 9.17) is 0 Å². The Bertz CT molecular complexity index is 745. The van der Waals surface area contributed by atoms with Crippen molar-refractivity contribution in [2.24, 2.45) is 0 Å². The van der Waals surface area contributed by atoms with Gasteiger partial charge in [-0.05, 0) is 6.07 Å². The van der Waals surface area contributed by atoms with Crippen LogP contribution in [0.4, 0.5) is 0 Å². The predicted molar refractivity (Wildman–Crippen MR) is 62.5 cm³/mol. The molecule has 1 heterocycles. The highest BCUT2D eigenvalue weighted by Gasteiger charge is 2.17. The van der Waals surface area contributed by atoms with Crippen molar-refractivity contribution in [2.75, 3.05) is 0 Å². The molecule has 0 saturated heterocycles. The summed E-state index contributed by atoms with van der Waals surface area (Å²) in [6.45, 7) is 0. The number of rotatable bonds is 0. The zero-order valence-corrected chi connectivity index (χ0v) is 8.60. The molecular formula is C12H9NO4. The maximum absolute atomic E-state index is 9.80. The third kappa shape index (κ3) is 1.13. The van der Waals surface area contributed by atoms with Gasteiger partial charge in [0.2, 0.25) is 0 Å². The molecule has 0 aliphatic rings. The summed E-state index contributed by atoms with van der Waals surface area (Å²) in [6.07, 6.45) is 0. The summed E-state index contributed by atoms with van der Waals surface area (Å²) in [5, 5.41) is 39.4. The summed E-state index contributed by atoms with van der Waals surface area (Å²) in [5.41, 5.74) is 0.676. The quantitative estimate of drug-likeness (QED) is 0.302. The Morgan fingerprint density at radius 3 is 2.35 bits per heavy atom. The van der Waals surface area contributed by atoms with Gasteiger partial charge in [-0.1, -0.05) is 12.1 Å². The van der Waals surface area contributed by atoms with Gasteiger partial charge >= 0.3 is 0 Å². The lowest BCUT2D eigenvalue weighted by Gasteiger charge is -2.01. The van der Waals surface area contributed by atoms with Crippen molar-refractivity contribution in [1.29, 1.82) is 0 Å². The van der Waals surface area contributed by atoms with Gasteiger partial charge in [0.05, 0.1) is 16.4 Å². The average Bonchev–Trinajstić information content (AvgIpc) is 2.68. The van der Waals surface area contributed by atoms with Crippen LogP contribution in [0.2, 0.25) is 0 Å². The Kier molecular flexibility index (Phi) is 1.69. The number of phenols is 4. The van der Waals surface area contributed by atoms with Crippen LogP contribution in [0.5, 0.6) is 23.0 Å². The maximum atomic E-state index is 9.80. The smallest absolute Gasteiger partial charge is 0.167 e. The summed E-state index contributed by atoms with van der Waals surface area (Å²) in [4.78, 5) is 2.81. The van der Waals surface area contributed by atoms with E-state index in [-0.39, 0.29) is 28.2 Å². The molecule has 3 aromatic rings. The highest BCUT2D eigenvalue weighted by Crippen LogP contribution is 2.44. The van der Waals surface area contributed by atoms with Gasteiger partial charge < -0.3 is 25.4 Å². The standard InChI is InChI=1S/C12H9NO4/c14-6-3-1-2-5-9-11(13-10(5)6)7(15)4-8(16)12(9)17/h1-4,13-17H. The molecule has 0 amide bonds. The molecule has 17 heavy (non-hydrogen) atoms. The van der Waals surface area contributed by atoms with Crippen molar-refractivity contribution in [3.05, 3.63) is 24.3 Å². The molecule has 0 unspecified atom stereocenters. The first-order valence-electron chi connectivity index (χ1n) is 4.97. The van der Waals surface area contributed by atoms with E-state index in [9.17, 15) is 20.4 Å². The minimum atomic E-state index is -0.403. The fourth-order valence-electron chi connectivity index (χ4n) is 2.04. The molecule has 86 valence electrons. The Labute approximate surface area is 95.2 Å². The number of aromatic nitrogens is 1. The molecule has 0 bridgehead atoms. The van der Waals surface area contributed by atoms with E-state index in [2.05, 4.69) is 4.98 Å². The molecular weight excluding hydrogens is 222 g/mol. The van der Waals surface area contributed by atoms with Crippen LogP contribution in [0.25, 0.3) is 21.8 Å². The number of aromatic hydroxyl groups is 4. The van der Waals surface area contributed by atoms with E-state index in [1.807, 2.05) is 0 Å². The van der Waals surface area contributed by atoms with Crippen LogP contribution >= 0.6 is 0 Å². The number of hydrogen-bond acceptors (Lipinski definition) is 4. The summed E-state index contributed by atoms with van der Waals surface area (Å²) in [6, 6.07) is 5.83. The van der Waals surface area contributed by atoms with E-state index < -0.39 is 5.75 Å². The van der Waals surface area contributed by atoms with Gasteiger partial charge in [-0.3, -0.25) is 0 Å². The van der Waals surface area contributed by atoms with Crippen LogP contribution in [0.3, 0.4) is 0 Å². The molecule has 0 aliphatic carbocycles. The van der Waals surface area contributed by atoms with Gasteiger partial charge in [0, 0.05) is 11.5 Å².